The molecule has 2 fully saturated rings. The number of nitrogens with one attached hydrogen (secondary N) is 1. The summed E-state index contributed by atoms with van der Waals surface area (Å²) in [5, 5.41) is 14.3. The number of aliphatic carboxylic acids is 1. The van der Waals surface area contributed by atoms with Crippen LogP contribution in [-0.4, -0.2) is 40.5 Å². The molecule has 6 heteroatoms. The van der Waals surface area contributed by atoms with Gasteiger partial charge < -0.3 is 10.4 Å². The molecular formula is C16H22N2O3S. The van der Waals surface area contributed by atoms with Gasteiger partial charge in [-0.2, -0.15) is 0 Å². The van der Waals surface area contributed by atoms with Gasteiger partial charge in [0, 0.05) is 10.9 Å². The van der Waals surface area contributed by atoms with Gasteiger partial charge in [-0.1, -0.05) is 18.9 Å². The number of nitrogens with zero attached hydrogens (tertiary/aromatic N) is 1. The minimum atomic E-state index is -0.791. The molecule has 3 atom stereocenters. The largest absolute Gasteiger partial charge is 0.480 e. The number of carbonyl (C=O) groups is 2. The maximum atomic E-state index is 12.2. The predicted molar refractivity (Wildman–Crippen MR) is 84.7 cm³/mol. The van der Waals surface area contributed by atoms with Crippen LogP contribution in [0.15, 0.2) is 17.5 Å². The highest BCUT2D eigenvalue weighted by Gasteiger charge is 2.45. The monoisotopic (exact) mass is 322 g/mol. The van der Waals surface area contributed by atoms with E-state index in [2.05, 4.69) is 5.32 Å². The third-order valence-corrected chi connectivity index (χ3v) is 5.75. The van der Waals surface area contributed by atoms with Crippen molar-refractivity contribution in [1.82, 2.24) is 10.2 Å². The van der Waals surface area contributed by atoms with Crippen molar-refractivity contribution in [2.24, 2.45) is 5.92 Å². The van der Waals surface area contributed by atoms with Crippen LogP contribution in [0.2, 0.25) is 0 Å². The van der Waals surface area contributed by atoms with Gasteiger partial charge in [-0.05, 0) is 36.6 Å². The molecule has 1 aromatic heterocycles. The van der Waals surface area contributed by atoms with Gasteiger partial charge >= 0.3 is 5.97 Å². The molecule has 0 aromatic carbocycles. The summed E-state index contributed by atoms with van der Waals surface area (Å²) in [4.78, 5) is 26.7. The first kappa shape index (κ1) is 15.5. The quantitative estimate of drug-likeness (QED) is 0.871. The van der Waals surface area contributed by atoms with Crippen LogP contribution in [0.1, 0.15) is 37.0 Å². The van der Waals surface area contributed by atoms with Gasteiger partial charge in [-0.3, -0.25) is 14.5 Å². The molecule has 120 valence electrons. The van der Waals surface area contributed by atoms with E-state index < -0.39 is 12.0 Å². The van der Waals surface area contributed by atoms with Crippen molar-refractivity contribution < 1.29 is 14.7 Å². The number of rotatable bonds is 5. The molecule has 1 saturated heterocycles. The molecule has 0 spiro atoms. The summed E-state index contributed by atoms with van der Waals surface area (Å²) in [6.07, 6.45) is 5.14. The number of hydrogen-bond acceptors (Lipinski definition) is 4. The Balaban J connectivity index is 1.60. The minimum absolute atomic E-state index is 0.0779. The zero-order valence-electron chi connectivity index (χ0n) is 12.5. The van der Waals surface area contributed by atoms with Gasteiger partial charge in [-0.15, -0.1) is 11.3 Å². The molecule has 22 heavy (non-hydrogen) atoms. The summed E-state index contributed by atoms with van der Waals surface area (Å²) >= 11 is 1.61. The molecule has 1 aliphatic carbocycles. The molecule has 2 aliphatic rings. The molecular weight excluding hydrogens is 300 g/mol. The number of fused-ring (bicyclic) bond motifs is 1. The van der Waals surface area contributed by atoms with Crippen LogP contribution in [0.5, 0.6) is 0 Å². The number of carboxylic acid groups (broad SMARTS) is 1. The third-order valence-electron chi connectivity index (χ3n) is 4.87. The Bertz CT molecular complexity index is 532. The van der Waals surface area contributed by atoms with E-state index in [4.69, 9.17) is 0 Å². The smallest absolute Gasteiger partial charge is 0.320 e. The molecule has 1 aliphatic heterocycles. The highest BCUT2D eigenvalue weighted by atomic mass is 32.1. The first-order valence-electron chi connectivity index (χ1n) is 7.93. The summed E-state index contributed by atoms with van der Waals surface area (Å²) in [5.74, 6) is -0.425. The third kappa shape index (κ3) is 3.33. The van der Waals surface area contributed by atoms with E-state index in [1.165, 1.54) is 6.42 Å². The van der Waals surface area contributed by atoms with Crippen molar-refractivity contribution in [2.45, 2.75) is 50.7 Å². The van der Waals surface area contributed by atoms with Gasteiger partial charge in [0.1, 0.15) is 6.04 Å². The minimum Gasteiger partial charge on any atom is -0.480 e. The molecule has 0 bridgehead atoms. The lowest BCUT2D eigenvalue weighted by molar-refractivity contribution is -0.143. The van der Waals surface area contributed by atoms with Gasteiger partial charge in [0.2, 0.25) is 5.91 Å². The fourth-order valence-corrected chi connectivity index (χ4v) is 4.49. The Morgan fingerprint density at radius 2 is 2.18 bits per heavy atom. The standard InChI is InChI=1S/C16H22N2O3S/c19-15(17-9-12-5-3-7-22-12)10-18-13-6-2-1-4-11(13)8-14(18)16(20)21/h3,5,7,11,13-14H,1-2,4,6,8-10H2,(H,17,19)(H,20,21)/t11-,13-,14-/m0/s1. The fourth-order valence-electron chi connectivity index (χ4n) is 3.84. The summed E-state index contributed by atoms with van der Waals surface area (Å²) in [7, 11) is 0. The van der Waals surface area contributed by atoms with E-state index >= 15 is 0 Å². The Hall–Kier alpha value is -1.40. The second kappa shape index (κ2) is 6.79. The number of likely N-dealkylation sites (tertiary alicyclic amines) is 1. The van der Waals surface area contributed by atoms with Crippen molar-refractivity contribution in [3.05, 3.63) is 22.4 Å². The number of thiophene rings is 1. The lowest BCUT2D eigenvalue weighted by Crippen LogP contribution is -2.47. The summed E-state index contributed by atoms with van der Waals surface area (Å²) in [6.45, 7) is 0.722. The Labute approximate surface area is 134 Å². The van der Waals surface area contributed by atoms with E-state index in [0.29, 0.717) is 18.9 Å². The van der Waals surface area contributed by atoms with Gasteiger partial charge in [0.05, 0.1) is 13.1 Å². The number of carbonyl (C=O) groups excluding carboxylic acids is 1. The maximum absolute atomic E-state index is 12.2. The topological polar surface area (TPSA) is 69.6 Å². The second-order valence-corrected chi connectivity index (χ2v) is 7.26. The first-order valence-corrected chi connectivity index (χ1v) is 8.80. The summed E-state index contributed by atoms with van der Waals surface area (Å²) < 4.78 is 0. The van der Waals surface area contributed by atoms with Crippen molar-refractivity contribution in [1.29, 1.82) is 0 Å². The maximum Gasteiger partial charge on any atom is 0.320 e. The Morgan fingerprint density at radius 3 is 2.91 bits per heavy atom. The molecule has 0 radical (unpaired) electrons. The van der Waals surface area contributed by atoms with Gasteiger partial charge in [0.25, 0.3) is 0 Å². The zero-order valence-corrected chi connectivity index (χ0v) is 13.3. The normalized spacial score (nSPS) is 28.3. The van der Waals surface area contributed by atoms with Crippen LogP contribution in [-0.2, 0) is 16.1 Å². The van der Waals surface area contributed by atoms with Gasteiger partial charge in [-0.25, -0.2) is 0 Å². The molecule has 1 saturated carbocycles. The lowest BCUT2D eigenvalue weighted by Gasteiger charge is -2.32. The van der Waals surface area contributed by atoms with Crippen molar-refractivity contribution in [3.63, 3.8) is 0 Å². The number of hydrogen-bond donors (Lipinski definition) is 2. The Kier molecular flexibility index (Phi) is 4.78. The molecule has 1 amide bonds. The molecule has 5 nitrogen and oxygen atoms in total. The highest BCUT2D eigenvalue weighted by Crippen LogP contribution is 2.39. The van der Waals surface area contributed by atoms with Crippen LogP contribution >= 0.6 is 11.3 Å². The summed E-state index contributed by atoms with van der Waals surface area (Å²) in [5.41, 5.74) is 0. The van der Waals surface area contributed by atoms with E-state index in [9.17, 15) is 14.7 Å². The summed E-state index contributed by atoms with van der Waals surface area (Å²) in [6, 6.07) is 3.71. The van der Waals surface area contributed by atoms with E-state index in [-0.39, 0.29) is 18.5 Å². The van der Waals surface area contributed by atoms with Crippen LogP contribution < -0.4 is 5.32 Å². The van der Waals surface area contributed by atoms with Crippen LogP contribution in [0.4, 0.5) is 0 Å². The zero-order chi connectivity index (χ0) is 15.5. The first-order chi connectivity index (χ1) is 10.6. The average Bonchev–Trinajstić information content (AvgIpc) is 3.13. The molecule has 3 rings (SSSR count). The molecule has 2 N–H and O–H groups in total. The van der Waals surface area contributed by atoms with Crippen LogP contribution in [0.3, 0.4) is 0 Å². The highest BCUT2D eigenvalue weighted by molar-refractivity contribution is 7.09. The van der Waals surface area contributed by atoms with Crippen molar-refractivity contribution in [2.75, 3.05) is 6.54 Å². The molecule has 0 unspecified atom stereocenters. The van der Waals surface area contributed by atoms with E-state index in [1.807, 2.05) is 22.4 Å². The van der Waals surface area contributed by atoms with Crippen molar-refractivity contribution in [3.8, 4) is 0 Å². The fraction of sp³-hybridized carbons (Fsp3) is 0.625. The van der Waals surface area contributed by atoms with Crippen LogP contribution in [0, 0.1) is 5.92 Å². The van der Waals surface area contributed by atoms with E-state index in [0.717, 1.165) is 24.1 Å². The SMILES string of the molecule is O=C(CN1[C@H](C(=O)O)C[C@@H]2CCCC[C@@H]21)NCc1cccs1. The van der Waals surface area contributed by atoms with E-state index in [1.54, 1.807) is 11.3 Å². The number of amides is 1. The van der Waals surface area contributed by atoms with Crippen LogP contribution in [0.25, 0.3) is 0 Å². The Morgan fingerprint density at radius 1 is 1.36 bits per heavy atom. The average molecular weight is 322 g/mol. The molecule has 1 aromatic rings. The molecule has 2 heterocycles. The van der Waals surface area contributed by atoms with Gasteiger partial charge in [0.15, 0.2) is 0 Å². The predicted octanol–water partition coefficient (Wildman–Crippen LogP) is 2.08. The lowest BCUT2D eigenvalue weighted by atomic mass is 9.85. The van der Waals surface area contributed by atoms with Crippen molar-refractivity contribution >= 4 is 23.2 Å². The number of carboxylic acids is 1. The second-order valence-electron chi connectivity index (χ2n) is 6.23.